The van der Waals surface area contributed by atoms with Crippen LogP contribution in [0.2, 0.25) is 0 Å². The second-order valence-electron chi connectivity index (χ2n) is 4.95. The summed E-state index contributed by atoms with van der Waals surface area (Å²) in [6, 6.07) is 0. The minimum absolute atomic E-state index is 0.0764. The van der Waals surface area contributed by atoms with Gasteiger partial charge >= 0.3 is 5.97 Å². The highest BCUT2D eigenvalue weighted by Crippen LogP contribution is 2.36. The van der Waals surface area contributed by atoms with E-state index >= 15 is 0 Å². The van der Waals surface area contributed by atoms with Crippen molar-refractivity contribution in [2.24, 2.45) is 5.92 Å². The summed E-state index contributed by atoms with van der Waals surface area (Å²) in [4.78, 5) is 22.8. The van der Waals surface area contributed by atoms with Gasteiger partial charge in [0, 0.05) is 6.42 Å². The van der Waals surface area contributed by atoms with Crippen LogP contribution in [-0.2, 0) is 14.3 Å². The number of Topliss-reactive ketones (excluding diaryl/α,β-unsaturated/α-hetero) is 1. The maximum atomic E-state index is 11.7. The molecule has 1 aliphatic carbocycles. The zero-order valence-electron chi connectivity index (χ0n) is 10.7. The predicted molar refractivity (Wildman–Crippen MR) is 63.5 cm³/mol. The monoisotopic (exact) mass is 242 g/mol. The van der Waals surface area contributed by atoms with Crippen molar-refractivity contribution < 1.29 is 19.4 Å². The van der Waals surface area contributed by atoms with Crippen LogP contribution in [-0.4, -0.2) is 29.1 Å². The lowest BCUT2D eigenvalue weighted by Crippen LogP contribution is -2.41. The van der Waals surface area contributed by atoms with Gasteiger partial charge in [-0.05, 0) is 25.7 Å². The number of hydrogen-bond acceptors (Lipinski definition) is 4. The zero-order chi connectivity index (χ0) is 12.9. The first-order valence-corrected chi connectivity index (χ1v) is 6.37. The fourth-order valence-corrected chi connectivity index (χ4v) is 2.44. The number of esters is 1. The van der Waals surface area contributed by atoms with Crippen molar-refractivity contribution in [3.63, 3.8) is 0 Å². The molecule has 2 unspecified atom stereocenters. The molecule has 1 saturated carbocycles. The van der Waals surface area contributed by atoms with Gasteiger partial charge in [0.05, 0.1) is 12.2 Å². The van der Waals surface area contributed by atoms with Crippen molar-refractivity contribution >= 4 is 11.8 Å². The highest BCUT2D eigenvalue weighted by molar-refractivity contribution is 5.95. The molecule has 17 heavy (non-hydrogen) atoms. The molecule has 0 amide bonds. The summed E-state index contributed by atoms with van der Waals surface area (Å²) in [5.74, 6) is -0.591. The van der Waals surface area contributed by atoms with Gasteiger partial charge in [0.25, 0.3) is 0 Å². The second kappa shape index (κ2) is 6.15. The van der Waals surface area contributed by atoms with Crippen LogP contribution in [0, 0.1) is 5.92 Å². The number of carbonyl (C=O) groups excluding carboxylic acids is 2. The summed E-state index contributed by atoms with van der Waals surface area (Å²) < 4.78 is 4.72. The van der Waals surface area contributed by atoms with E-state index in [2.05, 4.69) is 0 Å². The molecular weight excluding hydrogens is 220 g/mol. The van der Waals surface area contributed by atoms with Gasteiger partial charge in [-0.3, -0.25) is 9.59 Å². The molecule has 4 nitrogen and oxygen atoms in total. The van der Waals surface area contributed by atoms with Gasteiger partial charge in [0.15, 0.2) is 0 Å². The van der Waals surface area contributed by atoms with E-state index < -0.39 is 11.6 Å². The summed E-state index contributed by atoms with van der Waals surface area (Å²) in [5, 5.41) is 10.4. The summed E-state index contributed by atoms with van der Waals surface area (Å²) in [6.07, 6.45) is 3.52. The quantitative estimate of drug-likeness (QED) is 0.590. The number of ether oxygens (including phenoxy) is 1. The van der Waals surface area contributed by atoms with Gasteiger partial charge in [-0.2, -0.15) is 0 Å². The van der Waals surface area contributed by atoms with Crippen LogP contribution in [0.25, 0.3) is 0 Å². The Labute approximate surface area is 102 Å². The van der Waals surface area contributed by atoms with E-state index in [1.54, 1.807) is 6.92 Å². The Morgan fingerprint density at radius 1 is 1.41 bits per heavy atom. The van der Waals surface area contributed by atoms with E-state index in [0.717, 1.165) is 19.3 Å². The number of rotatable bonds is 5. The molecule has 0 spiro atoms. The third kappa shape index (κ3) is 4.11. The van der Waals surface area contributed by atoms with Gasteiger partial charge in [0.1, 0.15) is 12.2 Å². The van der Waals surface area contributed by atoms with E-state index in [-0.39, 0.29) is 31.1 Å². The summed E-state index contributed by atoms with van der Waals surface area (Å²) in [7, 11) is 0. The van der Waals surface area contributed by atoms with E-state index in [1.807, 2.05) is 6.92 Å². The molecule has 0 radical (unpaired) electrons. The molecule has 0 heterocycles. The van der Waals surface area contributed by atoms with Gasteiger partial charge in [-0.15, -0.1) is 0 Å². The number of hydrogen-bond donors (Lipinski definition) is 1. The van der Waals surface area contributed by atoms with E-state index in [4.69, 9.17) is 4.74 Å². The zero-order valence-corrected chi connectivity index (χ0v) is 10.7. The molecule has 1 aliphatic rings. The Bertz CT molecular complexity index is 287. The SMILES string of the molecule is CCOC(=O)CC(=O)CC1(O)CCCCC1C. The smallest absolute Gasteiger partial charge is 0.313 e. The third-order valence-electron chi connectivity index (χ3n) is 3.56. The topological polar surface area (TPSA) is 63.6 Å². The first-order chi connectivity index (χ1) is 7.98. The average molecular weight is 242 g/mol. The lowest BCUT2D eigenvalue weighted by Gasteiger charge is -2.37. The predicted octanol–water partition coefficient (Wildman–Crippen LogP) is 1.84. The van der Waals surface area contributed by atoms with Crippen molar-refractivity contribution in [3.8, 4) is 0 Å². The molecule has 1 fully saturated rings. The van der Waals surface area contributed by atoms with Crippen LogP contribution in [0.3, 0.4) is 0 Å². The van der Waals surface area contributed by atoms with Crippen LogP contribution in [0.5, 0.6) is 0 Å². The molecule has 4 heteroatoms. The molecule has 0 aromatic heterocycles. The maximum absolute atomic E-state index is 11.7. The average Bonchev–Trinajstić information content (AvgIpc) is 2.22. The molecule has 0 aliphatic heterocycles. The number of ketones is 1. The summed E-state index contributed by atoms with van der Waals surface area (Å²) >= 11 is 0. The van der Waals surface area contributed by atoms with Gasteiger partial charge < -0.3 is 9.84 Å². The van der Waals surface area contributed by atoms with Crippen LogP contribution in [0.4, 0.5) is 0 Å². The molecular formula is C13H22O4. The standard InChI is InChI=1S/C13H22O4/c1-3-17-12(15)8-11(14)9-13(16)7-5-4-6-10(13)2/h10,16H,3-9H2,1-2H3. The van der Waals surface area contributed by atoms with Crippen LogP contribution in [0.15, 0.2) is 0 Å². The van der Waals surface area contributed by atoms with Crippen molar-refractivity contribution in [1.82, 2.24) is 0 Å². The molecule has 98 valence electrons. The Hall–Kier alpha value is -0.900. The lowest BCUT2D eigenvalue weighted by atomic mass is 9.73. The summed E-state index contributed by atoms with van der Waals surface area (Å²) in [5.41, 5.74) is -0.915. The van der Waals surface area contributed by atoms with Gasteiger partial charge in [-0.1, -0.05) is 19.8 Å². The molecule has 0 saturated heterocycles. The van der Waals surface area contributed by atoms with Gasteiger partial charge in [-0.25, -0.2) is 0 Å². The highest BCUT2D eigenvalue weighted by atomic mass is 16.5. The van der Waals surface area contributed by atoms with E-state index in [9.17, 15) is 14.7 Å². The Kier molecular flexibility index (Phi) is 5.12. The summed E-state index contributed by atoms with van der Waals surface area (Å²) in [6.45, 7) is 3.96. The molecule has 0 aromatic carbocycles. The fourth-order valence-electron chi connectivity index (χ4n) is 2.44. The lowest BCUT2D eigenvalue weighted by molar-refractivity contribution is -0.147. The molecule has 1 N–H and O–H groups in total. The first-order valence-electron chi connectivity index (χ1n) is 6.37. The molecule has 2 atom stereocenters. The van der Waals surface area contributed by atoms with Crippen LogP contribution < -0.4 is 0 Å². The fraction of sp³-hybridized carbons (Fsp3) is 0.846. The van der Waals surface area contributed by atoms with Crippen molar-refractivity contribution in [1.29, 1.82) is 0 Å². The second-order valence-corrected chi connectivity index (χ2v) is 4.95. The third-order valence-corrected chi connectivity index (χ3v) is 3.56. The number of aliphatic hydroxyl groups is 1. The van der Waals surface area contributed by atoms with Crippen LogP contribution in [0.1, 0.15) is 52.4 Å². The van der Waals surface area contributed by atoms with Gasteiger partial charge in [0.2, 0.25) is 0 Å². The molecule has 0 bridgehead atoms. The Morgan fingerprint density at radius 2 is 2.12 bits per heavy atom. The highest BCUT2D eigenvalue weighted by Gasteiger charge is 2.37. The largest absolute Gasteiger partial charge is 0.466 e. The van der Waals surface area contributed by atoms with E-state index in [0.29, 0.717) is 6.42 Å². The van der Waals surface area contributed by atoms with E-state index in [1.165, 1.54) is 0 Å². The van der Waals surface area contributed by atoms with Crippen LogP contribution >= 0.6 is 0 Å². The van der Waals surface area contributed by atoms with Crippen molar-refractivity contribution in [2.45, 2.75) is 58.0 Å². The first kappa shape index (κ1) is 14.2. The maximum Gasteiger partial charge on any atom is 0.313 e. The number of carbonyl (C=O) groups is 2. The van der Waals surface area contributed by atoms with Crippen molar-refractivity contribution in [2.75, 3.05) is 6.61 Å². The van der Waals surface area contributed by atoms with Crippen molar-refractivity contribution in [3.05, 3.63) is 0 Å². The Morgan fingerprint density at radius 3 is 2.71 bits per heavy atom. The molecule has 0 aromatic rings. The normalized spacial score (nSPS) is 28.8. The molecule has 1 rings (SSSR count). The Balaban J connectivity index is 2.46. The minimum atomic E-state index is -0.915. The minimum Gasteiger partial charge on any atom is -0.466 e.